The molecule has 0 heterocycles. The van der Waals surface area contributed by atoms with Crippen LogP contribution in [0, 0.1) is 0 Å². The van der Waals surface area contributed by atoms with E-state index in [4.69, 9.17) is 38.2 Å². The van der Waals surface area contributed by atoms with Gasteiger partial charge in [-0.05, 0) is 114 Å². The predicted octanol–water partition coefficient (Wildman–Crippen LogP) is 15.3. The molecule has 0 aliphatic rings. The van der Waals surface area contributed by atoms with Crippen LogP contribution in [-0.2, 0) is 4.57 Å². The number of ether oxygens (including phenoxy) is 6. The Labute approximate surface area is 374 Å². The summed E-state index contributed by atoms with van der Waals surface area (Å²) in [6.07, 6.45) is 23.3. The van der Waals surface area contributed by atoms with Crippen molar-refractivity contribution in [1.82, 2.24) is 0 Å². The Kier molecular flexibility index (Phi) is 24.1. The Bertz CT molecular complexity index is 1880. The van der Waals surface area contributed by atoms with Crippen LogP contribution in [0.15, 0.2) is 36.4 Å². The maximum absolute atomic E-state index is 11.0. The molecule has 0 spiro atoms. The van der Waals surface area contributed by atoms with Crippen LogP contribution in [0.2, 0.25) is 0 Å². The summed E-state index contributed by atoms with van der Waals surface area (Å²) >= 11 is 0. The maximum Gasteiger partial charge on any atom is 0.325 e. The van der Waals surface area contributed by atoms with Crippen molar-refractivity contribution in [2.24, 2.45) is 0 Å². The number of benzene rings is 4. The quantitative estimate of drug-likeness (QED) is 0.0262. The second kappa shape index (κ2) is 29.1. The second-order valence-corrected chi connectivity index (χ2v) is 18.8. The van der Waals surface area contributed by atoms with E-state index >= 15 is 0 Å². The van der Waals surface area contributed by atoms with Crippen molar-refractivity contribution < 1.29 is 42.8 Å². The van der Waals surface area contributed by atoms with Crippen LogP contribution in [-0.4, -0.2) is 55.6 Å². The van der Waals surface area contributed by atoms with Gasteiger partial charge in [-0.25, -0.2) is 0 Å². The summed E-state index contributed by atoms with van der Waals surface area (Å²) < 4.78 is 50.1. The fourth-order valence-electron chi connectivity index (χ4n) is 7.70. The van der Waals surface area contributed by atoms with Gasteiger partial charge in [0.2, 0.25) is 0 Å². The molecule has 0 aliphatic carbocycles. The molecule has 62 heavy (non-hydrogen) atoms. The van der Waals surface area contributed by atoms with Crippen LogP contribution < -0.4 is 28.4 Å². The number of hydrogen-bond donors (Lipinski definition) is 2. The number of hydrogen-bond acceptors (Lipinski definition) is 7. The number of fused-ring (bicyclic) bond motifs is 6. The van der Waals surface area contributed by atoms with Crippen LogP contribution in [0.5, 0.6) is 34.5 Å². The molecule has 0 aliphatic heterocycles. The van der Waals surface area contributed by atoms with Gasteiger partial charge in [0, 0.05) is 6.16 Å². The topological polar surface area (TPSA) is 113 Å². The van der Waals surface area contributed by atoms with Gasteiger partial charge in [0.25, 0.3) is 0 Å². The van der Waals surface area contributed by atoms with Gasteiger partial charge in [-0.15, -0.1) is 0 Å². The first kappa shape index (κ1) is 51.2. The number of rotatable bonds is 36. The van der Waals surface area contributed by atoms with Gasteiger partial charge in [-0.1, -0.05) is 131 Å². The normalized spacial score (nSPS) is 11.8. The largest absolute Gasteiger partial charge is 0.490 e. The van der Waals surface area contributed by atoms with Crippen molar-refractivity contribution in [3.8, 4) is 34.5 Å². The summed E-state index contributed by atoms with van der Waals surface area (Å²) in [7, 11) is -3.85. The van der Waals surface area contributed by atoms with Crippen molar-refractivity contribution in [1.29, 1.82) is 0 Å². The molecular formula is C52H81O9P. The van der Waals surface area contributed by atoms with Crippen molar-refractivity contribution in [3.05, 3.63) is 36.4 Å². The monoisotopic (exact) mass is 881 g/mol. The molecule has 4 aromatic carbocycles. The van der Waals surface area contributed by atoms with Crippen LogP contribution in [0.3, 0.4) is 0 Å². The molecular weight excluding hydrogens is 800 g/mol. The van der Waals surface area contributed by atoms with Crippen molar-refractivity contribution in [2.75, 3.05) is 45.8 Å². The lowest BCUT2D eigenvalue weighted by Crippen LogP contribution is -2.04. The molecule has 0 atom stereocenters. The first-order valence-corrected chi connectivity index (χ1v) is 26.4. The van der Waals surface area contributed by atoms with Gasteiger partial charge < -0.3 is 38.2 Å². The standard InChI is InChI=1S/C52H81O9P/c1-6-11-28-56-47-35-41-42-36-48(57-29-12-7-2)50(59-31-14-9-4)38-44(42)46-40-52(51(60-32-15-10-5)39-45(46)43(41)37-49(47)58-30-13-8-3)61-33-26-24-22-20-18-16-17-19-21-23-25-27-34-62(53,54)55/h35-40H,6-34H2,1-5H3,(H2,53,54,55). The highest BCUT2D eigenvalue weighted by molar-refractivity contribution is 7.51. The molecule has 0 bridgehead atoms. The molecule has 0 radical (unpaired) electrons. The van der Waals surface area contributed by atoms with Crippen LogP contribution in [0.1, 0.15) is 176 Å². The van der Waals surface area contributed by atoms with Crippen molar-refractivity contribution in [2.45, 2.75) is 176 Å². The average molecular weight is 881 g/mol. The highest BCUT2D eigenvalue weighted by Crippen LogP contribution is 2.47. The van der Waals surface area contributed by atoms with E-state index in [0.717, 1.165) is 163 Å². The Morgan fingerprint density at radius 3 is 0.726 bits per heavy atom. The molecule has 2 N–H and O–H groups in total. The summed E-state index contributed by atoms with van der Waals surface area (Å²) in [4.78, 5) is 18.0. The Morgan fingerprint density at radius 2 is 0.516 bits per heavy atom. The van der Waals surface area contributed by atoms with Crippen LogP contribution in [0.4, 0.5) is 0 Å². The zero-order chi connectivity index (χ0) is 44.4. The average Bonchev–Trinajstić information content (AvgIpc) is 3.25. The smallest absolute Gasteiger partial charge is 0.325 e. The minimum atomic E-state index is -3.85. The Hall–Kier alpha value is -3.39. The van der Waals surface area contributed by atoms with E-state index in [2.05, 4.69) is 71.0 Å². The molecule has 0 aromatic heterocycles. The van der Waals surface area contributed by atoms with Gasteiger partial charge in [-0.2, -0.15) is 0 Å². The molecule has 0 saturated carbocycles. The zero-order valence-corrected chi connectivity index (χ0v) is 40.1. The van der Waals surface area contributed by atoms with E-state index in [0.29, 0.717) is 46.1 Å². The fraction of sp³-hybridized carbons (Fsp3) is 0.654. The highest BCUT2D eigenvalue weighted by Gasteiger charge is 2.21. The van der Waals surface area contributed by atoms with E-state index < -0.39 is 7.60 Å². The van der Waals surface area contributed by atoms with E-state index in [1.807, 2.05) is 0 Å². The van der Waals surface area contributed by atoms with Gasteiger partial charge in [0.1, 0.15) is 0 Å². The van der Waals surface area contributed by atoms with Gasteiger partial charge in [0.05, 0.1) is 39.6 Å². The molecule has 9 nitrogen and oxygen atoms in total. The summed E-state index contributed by atoms with van der Waals surface area (Å²) in [6.45, 7) is 14.7. The molecule has 0 unspecified atom stereocenters. The molecule has 348 valence electrons. The minimum absolute atomic E-state index is 0.0154. The van der Waals surface area contributed by atoms with Crippen molar-refractivity contribution >= 4 is 39.9 Å². The lowest BCUT2D eigenvalue weighted by atomic mass is 9.93. The summed E-state index contributed by atoms with van der Waals surface area (Å²) in [5.41, 5.74) is 0. The highest BCUT2D eigenvalue weighted by atomic mass is 31.2. The fourth-order valence-corrected chi connectivity index (χ4v) is 8.33. The molecule has 10 heteroatoms. The molecule has 0 fully saturated rings. The van der Waals surface area contributed by atoms with Gasteiger partial charge in [0.15, 0.2) is 34.5 Å². The molecule has 0 amide bonds. The third kappa shape index (κ3) is 17.3. The second-order valence-electron chi connectivity index (χ2n) is 17.0. The Morgan fingerprint density at radius 1 is 0.323 bits per heavy atom. The lowest BCUT2D eigenvalue weighted by molar-refractivity contribution is 0.260. The van der Waals surface area contributed by atoms with Crippen LogP contribution in [0.25, 0.3) is 32.3 Å². The third-order valence-electron chi connectivity index (χ3n) is 11.5. The predicted molar refractivity (Wildman–Crippen MR) is 259 cm³/mol. The zero-order valence-electron chi connectivity index (χ0n) is 39.2. The minimum Gasteiger partial charge on any atom is -0.490 e. The summed E-state index contributed by atoms with van der Waals surface area (Å²) in [5.74, 6) is 4.61. The van der Waals surface area contributed by atoms with Crippen molar-refractivity contribution in [3.63, 3.8) is 0 Å². The van der Waals surface area contributed by atoms with Crippen LogP contribution >= 0.6 is 7.60 Å². The first-order valence-electron chi connectivity index (χ1n) is 24.6. The molecule has 0 saturated heterocycles. The van der Waals surface area contributed by atoms with E-state index in [1.165, 1.54) is 38.5 Å². The lowest BCUT2D eigenvalue weighted by Gasteiger charge is -2.20. The summed E-state index contributed by atoms with van der Waals surface area (Å²) in [6, 6.07) is 13.1. The maximum atomic E-state index is 11.0. The third-order valence-corrected chi connectivity index (χ3v) is 12.4. The summed E-state index contributed by atoms with van der Waals surface area (Å²) in [5, 5.41) is 6.45. The van der Waals surface area contributed by atoms with E-state index in [-0.39, 0.29) is 6.16 Å². The SMILES string of the molecule is CCCCOc1cc2c3cc(OCCCC)c(OCCCC)cc3c3cc(OCCCCCCCCCCCCCCP(=O)(O)O)c(OCCCC)cc3c2cc1OCCCC. The molecule has 4 aromatic rings. The van der Waals surface area contributed by atoms with Gasteiger partial charge >= 0.3 is 7.60 Å². The first-order chi connectivity index (χ1) is 30.2. The van der Waals surface area contributed by atoms with Gasteiger partial charge in [-0.3, -0.25) is 4.57 Å². The molecule has 4 rings (SSSR count). The van der Waals surface area contributed by atoms with E-state index in [1.54, 1.807) is 0 Å². The Balaban J connectivity index is 1.63. The van der Waals surface area contributed by atoms with E-state index in [9.17, 15) is 4.57 Å². The number of unbranched alkanes of at least 4 members (excludes halogenated alkanes) is 16.